The lowest BCUT2D eigenvalue weighted by atomic mass is 9.95. The van der Waals surface area contributed by atoms with Gasteiger partial charge in [0, 0.05) is 36.3 Å². The third-order valence-corrected chi connectivity index (χ3v) is 7.68. The van der Waals surface area contributed by atoms with E-state index in [-0.39, 0.29) is 18.1 Å². The summed E-state index contributed by atoms with van der Waals surface area (Å²) in [5.41, 5.74) is 2.09. The lowest BCUT2D eigenvalue weighted by Gasteiger charge is -2.35. The number of hydrogen-bond donors (Lipinski definition) is 2. The Balaban J connectivity index is 1.41. The summed E-state index contributed by atoms with van der Waals surface area (Å²) in [5, 5.41) is 15.8. The van der Waals surface area contributed by atoms with Gasteiger partial charge in [0.2, 0.25) is 21.6 Å². The summed E-state index contributed by atoms with van der Waals surface area (Å²) in [4.78, 5) is 9.25. The Hall–Kier alpha value is -2.99. The predicted molar refractivity (Wildman–Crippen MR) is 119 cm³/mol. The van der Waals surface area contributed by atoms with Gasteiger partial charge in [-0.2, -0.15) is 18.9 Å². The zero-order valence-electron chi connectivity index (χ0n) is 17.8. The average molecular weight is 459 g/mol. The van der Waals surface area contributed by atoms with Crippen molar-refractivity contribution in [3.8, 4) is 17.0 Å². The summed E-state index contributed by atoms with van der Waals surface area (Å²) in [6.45, 7) is 6.27. The minimum absolute atomic E-state index is 0.0426. The third kappa shape index (κ3) is 3.84. The van der Waals surface area contributed by atoms with Crippen LogP contribution >= 0.6 is 0 Å². The number of nitrogens with zero attached hydrogens (tertiary/aromatic N) is 6. The smallest absolute Gasteiger partial charge is 0.243 e. The van der Waals surface area contributed by atoms with E-state index in [4.69, 9.17) is 9.72 Å². The molecule has 1 saturated carbocycles. The molecule has 170 valence electrons. The van der Waals surface area contributed by atoms with Crippen molar-refractivity contribution in [3.63, 3.8) is 0 Å². The molecule has 1 aliphatic carbocycles. The molecular weight excluding hydrogens is 432 g/mol. The second-order valence-corrected chi connectivity index (χ2v) is 10.2. The fourth-order valence-electron chi connectivity index (χ4n) is 4.07. The summed E-state index contributed by atoms with van der Waals surface area (Å²) < 4.78 is 33.5. The fourth-order valence-corrected chi connectivity index (χ4v) is 5.08. The van der Waals surface area contributed by atoms with Crippen LogP contribution in [0.1, 0.15) is 32.6 Å². The van der Waals surface area contributed by atoms with Crippen molar-refractivity contribution in [1.29, 1.82) is 0 Å². The number of rotatable bonds is 7. The molecular formula is C20H26N8O3S. The lowest BCUT2D eigenvalue weighted by Crippen LogP contribution is -2.47. The number of H-pyrrole nitrogens is 1. The van der Waals surface area contributed by atoms with Crippen LogP contribution in [0.5, 0.6) is 5.75 Å². The van der Waals surface area contributed by atoms with Crippen molar-refractivity contribution in [3.05, 3.63) is 30.7 Å². The average Bonchev–Trinajstić information content (AvgIpc) is 3.41. The van der Waals surface area contributed by atoms with E-state index in [1.54, 1.807) is 23.2 Å². The summed E-state index contributed by atoms with van der Waals surface area (Å²) in [7, 11) is -3.41. The maximum Gasteiger partial charge on any atom is 0.243 e. The van der Waals surface area contributed by atoms with Gasteiger partial charge < -0.3 is 10.1 Å². The van der Waals surface area contributed by atoms with Crippen molar-refractivity contribution in [2.45, 2.75) is 44.8 Å². The van der Waals surface area contributed by atoms with Gasteiger partial charge in [0.1, 0.15) is 12.0 Å². The van der Waals surface area contributed by atoms with Crippen LogP contribution in [-0.4, -0.2) is 67.7 Å². The first-order chi connectivity index (χ1) is 15.4. The first-order valence-corrected chi connectivity index (χ1v) is 12.2. The molecule has 1 saturated heterocycles. The molecule has 0 unspecified atom stereocenters. The molecule has 3 aromatic heterocycles. The van der Waals surface area contributed by atoms with Crippen LogP contribution in [0.4, 0.5) is 5.95 Å². The van der Waals surface area contributed by atoms with E-state index in [1.807, 2.05) is 6.92 Å². The van der Waals surface area contributed by atoms with Crippen LogP contribution in [-0.2, 0) is 10.0 Å². The van der Waals surface area contributed by atoms with E-state index in [2.05, 4.69) is 32.2 Å². The van der Waals surface area contributed by atoms with E-state index in [1.165, 1.54) is 4.31 Å². The van der Waals surface area contributed by atoms with E-state index in [9.17, 15) is 8.42 Å². The van der Waals surface area contributed by atoms with E-state index in [0.717, 1.165) is 30.2 Å². The quantitative estimate of drug-likeness (QED) is 0.550. The summed E-state index contributed by atoms with van der Waals surface area (Å²) in [6.07, 6.45) is 9.06. The Morgan fingerprint density at radius 3 is 2.84 bits per heavy atom. The monoisotopic (exact) mass is 458 g/mol. The summed E-state index contributed by atoms with van der Waals surface area (Å²) in [6, 6.07) is 0.0426. The largest absolute Gasteiger partial charge is 0.484 e. The highest BCUT2D eigenvalue weighted by Crippen LogP contribution is 2.35. The molecule has 1 aliphatic heterocycles. The van der Waals surface area contributed by atoms with Crippen LogP contribution in [0.3, 0.4) is 0 Å². The zero-order chi connectivity index (χ0) is 22.3. The molecule has 12 heteroatoms. The second kappa shape index (κ2) is 8.17. The molecule has 32 heavy (non-hydrogen) atoms. The highest BCUT2D eigenvalue weighted by atomic mass is 32.2. The Morgan fingerprint density at radius 1 is 1.34 bits per heavy atom. The first kappa shape index (κ1) is 20.9. The minimum Gasteiger partial charge on any atom is -0.484 e. The molecule has 5 rings (SSSR count). The number of sulfonamides is 1. The van der Waals surface area contributed by atoms with Crippen LogP contribution < -0.4 is 10.1 Å². The number of piperidine rings is 1. The lowest BCUT2D eigenvalue weighted by molar-refractivity contribution is 0.121. The van der Waals surface area contributed by atoms with Gasteiger partial charge >= 0.3 is 0 Å². The Bertz CT molecular complexity index is 1220. The van der Waals surface area contributed by atoms with Crippen molar-refractivity contribution in [1.82, 2.24) is 34.1 Å². The van der Waals surface area contributed by atoms with Crippen LogP contribution in [0.25, 0.3) is 16.9 Å². The molecule has 2 fully saturated rings. The molecule has 3 aromatic rings. The van der Waals surface area contributed by atoms with Crippen molar-refractivity contribution in [2.24, 2.45) is 5.92 Å². The maximum atomic E-state index is 12.1. The Kier molecular flexibility index (Phi) is 5.33. The first-order valence-electron chi connectivity index (χ1n) is 10.7. The van der Waals surface area contributed by atoms with E-state index in [0.29, 0.717) is 42.5 Å². The van der Waals surface area contributed by atoms with Gasteiger partial charge in [-0.1, -0.05) is 13.5 Å². The fraction of sp³-hybridized carbons (Fsp3) is 0.500. The predicted octanol–water partition coefficient (Wildman–Crippen LogP) is 2.04. The molecule has 2 aliphatic rings. The molecule has 0 radical (unpaired) electrons. The number of aromatic nitrogens is 6. The van der Waals surface area contributed by atoms with Gasteiger partial charge in [-0.3, -0.25) is 5.10 Å². The SMILES string of the molecule is C=CS(=O)(=O)N1CC[C@H](Nc2nc3c(OC4CCC4)c(-c4cn[nH]c4)ncn3n2)[C@H](C)C1. The highest BCUT2D eigenvalue weighted by Gasteiger charge is 2.32. The van der Waals surface area contributed by atoms with Crippen molar-refractivity contribution >= 4 is 21.6 Å². The maximum absolute atomic E-state index is 12.1. The molecule has 4 heterocycles. The Labute approximate surface area is 185 Å². The number of aromatic amines is 1. The van der Waals surface area contributed by atoms with E-state index < -0.39 is 10.0 Å². The molecule has 0 aromatic carbocycles. The van der Waals surface area contributed by atoms with Crippen molar-refractivity contribution < 1.29 is 13.2 Å². The number of ether oxygens (including phenoxy) is 1. The van der Waals surface area contributed by atoms with Gasteiger partial charge in [0.25, 0.3) is 0 Å². The standard InChI is InChI=1S/C20H26N8O3S/c1-3-32(29,30)27-8-7-16(13(2)11-27)24-20-25-19-18(31-15-5-4-6-15)17(14-9-22-23-10-14)21-12-28(19)26-20/h3,9-10,12-13,15-16H,1,4-8,11H2,2H3,(H,22,23)(H,24,26)/t13-,16+/m1/s1. The summed E-state index contributed by atoms with van der Waals surface area (Å²) >= 11 is 0. The van der Waals surface area contributed by atoms with Crippen LogP contribution in [0.15, 0.2) is 30.7 Å². The number of hydrogen-bond acceptors (Lipinski definition) is 8. The van der Waals surface area contributed by atoms with Gasteiger partial charge in [-0.05, 0) is 31.6 Å². The molecule has 2 N–H and O–H groups in total. The third-order valence-electron chi connectivity index (χ3n) is 6.21. The molecule has 0 amide bonds. The van der Waals surface area contributed by atoms with Crippen molar-refractivity contribution in [2.75, 3.05) is 18.4 Å². The van der Waals surface area contributed by atoms with Gasteiger partial charge in [0.05, 0.1) is 12.3 Å². The van der Waals surface area contributed by atoms with Gasteiger partial charge in [0.15, 0.2) is 5.75 Å². The zero-order valence-corrected chi connectivity index (χ0v) is 18.6. The summed E-state index contributed by atoms with van der Waals surface area (Å²) in [5.74, 6) is 1.14. The van der Waals surface area contributed by atoms with Gasteiger partial charge in [-0.15, -0.1) is 5.10 Å². The molecule has 0 spiro atoms. The number of nitrogens with one attached hydrogen (secondary N) is 2. The molecule has 11 nitrogen and oxygen atoms in total. The molecule has 2 atom stereocenters. The van der Waals surface area contributed by atoms with Crippen LogP contribution in [0, 0.1) is 5.92 Å². The minimum atomic E-state index is -3.41. The second-order valence-electron chi connectivity index (χ2n) is 8.37. The van der Waals surface area contributed by atoms with Gasteiger partial charge in [-0.25, -0.2) is 13.4 Å². The van der Waals surface area contributed by atoms with E-state index >= 15 is 0 Å². The van der Waals surface area contributed by atoms with Crippen LogP contribution in [0.2, 0.25) is 0 Å². The topological polar surface area (TPSA) is 130 Å². The Morgan fingerprint density at radius 2 is 2.19 bits per heavy atom. The highest BCUT2D eigenvalue weighted by molar-refractivity contribution is 7.92. The molecule has 0 bridgehead atoms. The number of anilines is 1. The number of fused-ring (bicyclic) bond motifs is 1. The normalized spacial score (nSPS) is 22.5.